The fraction of sp³-hybridized carbons (Fsp3) is 0.500. The summed E-state index contributed by atoms with van der Waals surface area (Å²) in [6.45, 7) is 3.89. The van der Waals surface area contributed by atoms with E-state index in [0.717, 1.165) is 17.1 Å². The smallest absolute Gasteiger partial charge is 0.328 e. The van der Waals surface area contributed by atoms with E-state index in [1.807, 2.05) is 38.1 Å². The standard InChI is InChI=1S/C16H23NO4S/c1-5-11(2)15(16(19)21-4)17-14(18)10-22-13-8-6-12(20-3)7-9-13/h6-9,11,15H,5,10H2,1-4H3,(H,17,18)/t11-,15-/m0/s1. The van der Waals surface area contributed by atoms with E-state index < -0.39 is 12.0 Å². The fourth-order valence-electron chi connectivity index (χ4n) is 1.83. The number of ether oxygens (including phenoxy) is 2. The summed E-state index contributed by atoms with van der Waals surface area (Å²) in [6.07, 6.45) is 0.783. The minimum absolute atomic E-state index is 0.0300. The summed E-state index contributed by atoms with van der Waals surface area (Å²) in [5.74, 6) is 0.461. The van der Waals surface area contributed by atoms with Gasteiger partial charge in [-0.2, -0.15) is 0 Å². The lowest BCUT2D eigenvalue weighted by molar-refractivity contribution is -0.146. The van der Waals surface area contributed by atoms with E-state index in [4.69, 9.17) is 9.47 Å². The van der Waals surface area contributed by atoms with Crippen molar-refractivity contribution < 1.29 is 19.1 Å². The quantitative estimate of drug-likeness (QED) is 0.588. The van der Waals surface area contributed by atoms with Gasteiger partial charge in [0.15, 0.2) is 0 Å². The molecule has 5 nitrogen and oxygen atoms in total. The third kappa shape index (κ3) is 5.60. The summed E-state index contributed by atoms with van der Waals surface area (Å²) >= 11 is 1.41. The topological polar surface area (TPSA) is 64.6 Å². The van der Waals surface area contributed by atoms with Crippen LogP contribution in [0.5, 0.6) is 5.75 Å². The molecule has 6 heteroatoms. The van der Waals surface area contributed by atoms with Crippen LogP contribution < -0.4 is 10.1 Å². The van der Waals surface area contributed by atoms with Gasteiger partial charge >= 0.3 is 5.97 Å². The predicted molar refractivity (Wildman–Crippen MR) is 87.1 cm³/mol. The summed E-state index contributed by atoms with van der Waals surface area (Å²) in [4.78, 5) is 24.7. The van der Waals surface area contributed by atoms with Crippen LogP contribution in [0.1, 0.15) is 20.3 Å². The zero-order valence-corrected chi connectivity index (χ0v) is 14.2. The number of benzene rings is 1. The molecule has 0 saturated carbocycles. The molecule has 1 aromatic carbocycles. The molecule has 22 heavy (non-hydrogen) atoms. The maximum absolute atomic E-state index is 12.0. The molecule has 0 saturated heterocycles. The maximum Gasteiger partial charge on any atom is 0.328 e. The number of thioether (sulfide) groups is 1. The molecule has 0 aliphatic rings. The SMILES string of the molecule is CC[C@H](C)[C@H](NC(=O)CSc1ccc(OC)cc1)C(=O)OC. The van der Waals surface area contributed by atoms with Crippen molar-refractivity contribution in [2.45, 2.75) is 31.2 Å². The number of hydrogen-bond acceptors (Lipinski definition) is 5. The molecule has 1 amide bonds. The van der Waals surface area contributed by atoms with E-state index in [9.17, 15) is 9.59 Å². The van der Waals surface area contributed by atoms with E-state index in [0.29, 0.717) is 0 Å². The highest BCUT2D eigenvalue weighted by Gasteiger charge is 2.26. The highest BCUT2D eigenvalue weighted by molar-refractivity contribution is 8.00. The van der Waals surface area contributed by atoms with Crippen LogP contribution in [-0.2, 0) is 14.3 Å². The van der Waals surface area contributed by atoms with Crippen molar-refractivity contribution in [2.75, 3.05) is 20.0 Å². The molecule has 0 aliphatic carbocycles. The summed E-state index contributed by atoms with van der Waals surface area (Å²) in [6, 6.07) is 6.87. The first-order chi connectivity index (χ1) is 10.5. The van der Waals surface area contributed by atoms with E-state index in [-0.39, 0.29) is 17.6 Å². The lowest BCUT2D eigenvalue weighted by Crippen LogP contribution is -2.46. The Bertz CT molecular complexity index is 489. The summed E-state index contributed by atoms with van der Waals surface area (Å²) in [5.41, 5.74) is 0. The number of esters is 1. The van der Waals surface area contributed by atoms with Gasteiger partial charge in [0.1, 0.15) is 11.8 Å². The number of amides is 1. The van der Waals surface area contributed by atoms with Crippen molar-refractivity contribution >= 4 is 23.6 Å². The van der Waals surface area contributed by atoms with Gasteiger partial charge in [-0.1, -0.05) is 20.3 Å². The van der Waals surface area contributed by atoms with Crippen molar-refractivity contribution in [3.63, 3.8) is 0 Å². The van der Waals surface area contributed by atoms with Crippen LogP contribution in [0, 0.1) is 5.92 Å². The van der Waals surface area contributed by atoms with Crippen molar-refractivity contribution in [1.82, 2.24) is 5.32 Å². The molecule has 1 aromatic rings. The average molecular weight is 325 g/mol. The van der Waals surface area contributed by atoms with E-state index in [1.54, 1.807) is 7.11 Å². The molecule has 0 aliphatic heterocycles. The van der Waals surface area contributed by atoms with Gasteiger partial charge in [0.2, 0.25) is 5.91 Å². The monoisotopic (exact) mass is 325 g/mol. The molecule has 0 bridgehead atoms. The Morgan fingerprint density at radius 3 is 2.36 bits per heavy atom. The molecule has 0 spiro atoms. The van der Waals surface area contributed by atoms with Crippen molar-refractivity contribution in [3.05, 3.63) is 24.3 Å². The van der Waals surface area contributed by atoms with Gasteiger partial charge in [0.05, 0.1) is 20.0 Å². The third-order valence-corrected chi connectivity index (χ3v) is 4.43. The van der Waals surface area contributed by atoms with Crippen LogP contribution in [0.2, 0.25) is 0 Å². The maximum atomic E-state index is 12.0. The Kier molecular flexibility index (Phi) is 7.80. The first-order valence-electron chi connectivity index (χ1n) is 7.15. The van der Waals surface area contributed by atoms with Crippen LogP contribution in [0.15, 0.2) is 29.2 Å². The lowest BCUT2D eigenvalue weighted by Gasteiger charge is -2.21. The van der Waals surface area contributed by atoms with Gasteiger partial charge in [-0.15, -0.1) is 11.8 Å². The van der Waals surface area contributed by atoms with Crippen molar-refractivity contribution in [1.29, 1.82) is 0 Å². The van der Waals surface area contributed by atoms with Crippen LogP contribution in [0.4, 0.5) is 0 Å². The molecule has 0 heterocycles. The molecular weight excluding hydrogens is 302 g/mol. The van der Waals surface area contributed by atoms with Gasteiger partial charge in [-0.05, 0) is 30.2 Å². The van der Waals surface area contributed by atoms with Crippen LogP contribution >= 0.6 is 11.8 Å². The normalized spacial score (nSPS) is 13.1. The number of hydrogen-bond donors (Lipinski definition) is 1. The average Bonchev–Trinajstić information content (AvgIpc) is 2.56. The minimum atomic E-state index is -0.598. The Hall–Kier alpha value is -1.69. The Morgan fingerprint density at radius 1 is 1.23 bits per heavy atom. The van der Waals surface area contributed by atoms with Crippen LogP contribution in [0.3, 0.4) is 0 Å². The Labute approximate surface area is 135 Å². The first-order valence-corrected chi connectivity index (χ1v) is 8.14. The molecule has 0 aromatic heterocycles. The molecule has 0 unspecified atom stereocenters. The molecular formula is C16H23NO4S. The second-order valence-corrected chi connectivity index (χ2v) is 5.97. The van der Waals surface area contributed by atoms with Gasteiger partial charge in [0, 0.05) is 4.90 Å². The molecule has 1 rings (SSSR count). The van der Waals surface area contributed by atoms with E-state index in [1.165, 1.54) is 18.9 Å². The minimum Gasteiger partial charge on any atom is -0.497 e. The zero-order chi connectivity index (χ0) is 16.5. The van der Waals surface area contributed by atoms with Crippen LogP contribution in [0.25, 0.3) is 0 Å². The highest BCUT2D eigenvalue weighted by atomic mass is 32.2. The molecule has 122 valence electrons. The fourth-order valence-corrected chi connectivity index (χ4v) is 2.54. The zero-order valence-electron chi connectivity index (χ0n) is 13.4. The molecule has 2 atom stereocenters. The third-order valence-electron chi connectivity index (χ3n) is 3.41. The van der Waals surface area contributed by atoms with Gasteiger partial charge < -0.3 is 14.8 Å². The summed E-state index contributed by atoms with van der Waals surface area (Å²) in [5, 5.41) is 2.75. The second kappa shape index (κ2) is 9.35. The van der Waals surface area contributed by atoms with Crippen molar-refractivity contribution in [2.24, 2.45) is 5.92 Å². The van der Waals surface area contributed by atoms with E-state index in [2.05, 4.69) is 5.32 Å². The summed E-state index contributed by atoms with van der Waals surface area (Å²) in [7, 11) is 2.94. The highest BCUT2D eigenvalue weighted by Crippen LogP contribution is 2.21. The van der Waals surface area contributed by atoms with Gasteiger partial charge in [-0.25, -0.2) is 4.79 Å². The number of carbonyl (C=O) groups excluding carboxylic acids is 2. The predicted octanol–water partition coefficient (Wildman–Crippen LogP) is 2.49. The largest absolute Gasteiger partial charge is 0.497 e. The van der Waals surface area contributed by atoms with Crippen molar-refractivity contribution in [3.8, 4) is 5.75 Å². The molecule has 0 radical (unpaired) electrons. The number of nitrogens with one attached hydrogen (secondary N) is 1. The lowest BCUT2D eigenvalue weighted by atomic mass is 9.99. The molecule has 1 N–H and O–H groups in total. The number of methoxy groups -OCH3 is 2. The van der Waals surface area contributed by atoms with Gasteiger partial charge in [0.25, 0.3) is 0 Å². The van der Waals surface area contributed by atoms with E-state index >= 15 is 0 Å². The number of carbonyl (C=O) groups is 2. The Balaban J connectivity index is 2.54. The summed E-state index contributed by atoms with van der Waals surface area (Å²) < 4.78 is 9.84. The second-order valence-electron chi connectivity index (χ2n) is 4.92. The molecule has 0 fully saturated rings. The number of rotatable bonds is 8. The first kappa shape index (κ1) is 18.4. The van der Waals surface area contributed by atoms with Gasteiger partial charge in [-0.3, -0.25) is 4.79 Å². The Morgan fingerprint density at radius 2 is 1.86 bits per heavy atom. The van der Waals surface area contributed by atoms with Crippen LogP contribution in [-0.4, -0.2) is 37.9 Å².